The molecule has 0 amide bonds. The number of ether oxygens (including phenoxy) is 2. The lowest BCUT2D eigenvalue weighted by molar-refractivity contribution is 0.148. The molecule has 102 valence electrons. The fourth-order valence-electron chi connectivity index (χ4n) is 1.12. The topological polar surface area (TPSA) is 81.2 Å². The number of hydrogen-bond donors (Lipinski definition) is 2. The number of aromatic nitrogens is 3. The predicted octanol–water partition coefficient (Wildman–Crippen LogP) is 1.46. The van der Waals surface area contributed by atoms with Gasteiger partial charge >= 0.3 is 0 Å². The van der Waals surface area contributed by atoms with Crippen molar-refractivity contribution >= 4 is 11.9 Å². The van der Waals surface area contributed by atoms with Gasteiger partial charge in [-0.25, -0.2) is 9.97 Å². The van der Waals surface area contributed by atoms with Crippen LogP contribution >= 0.6 is 0 Å². The number of unbranched alkanes of at least 4 members (excludes halogenated alkanes) is 1. The van der Waals surface area contributed by atoms with Crippen LogP contribution in [0.25, 0.3) is 0 Å². The van der Waals surface area contributed by atoms with Crippen molar-refractivity contribution < 1.29 is 9.47 Å². The van der Waals surface area contributed by atoms with Crippen LogP contribution in [0.4, 0.5) is 11.9 Å². The van der Waals surface area contributed by atoms with Crippen molar-refractivity contribution in [3.63, 3.8) is 0 Å². The van der Waals surface area contributed by atoms with Crippen LogP contribution in [0.3, 0.4) is 0 Å². The fraction of sp³-hybridized carbons (Fsp3) is 0.727. The Labute approximate surface area is 107 Å². The van der Waals surface area contributed by atoms with Crippen LogP contribution in [-0.4, -0.2) is 41.6 Å². The second kappa shape index (κ2) is 9.55. The summed E-state index contributed by atoms with van der Waals surface area (Å²) in [7, 11) is 0. The third-order valence-electron chi connectivity index (χ3n) is 2.08. The highest BCUT2D eigenvalue weighted by molar-refractivity contribution is 5.31. The van der Waals surface area contributed by atoms with E-state index in [1.165, 1.54) is 6.33 Å². The molecule has 0 fully saturated rings. The van der Waals surface area contributed by atoms with E-state index in [0.29, 0.717) is 32.0 Å². The number of nitrogens with zero attached hydrogens (tertiary/aromatic N) is 3. The van der Waals surface area contributed by atoms with Crippen LogP contribution in [0, 0.1) is 0 Å². The SMILES string of the molecule is CCCCOCNc1ncnc(NCOCC)n1. The maximum atomic E-state index is 5.36. The van der Waals surface area contributed by atoms with Gasteiger partial charge in [0.15, 0.2) is 0 Å². The minimum Gasteiger partial charge on any atom is -0.362 e. The van der Waals surface area contributed by atoms with Gasteiger partial charge in [-0.15, -0.1) is 0 Å². The monoisotopic (exact) mass is 255 g/mol. The van der Waals surface area contributed by atoms with E-state index in [0.717, 1.165) is 19.4 Å². The number of nitrogens with one attached hydrogen (secondary N) is 2. The van der Waals surface area contributed by atoms with Gasteiger partial charge in [0.2, 0.25) is 11.9 Å². The standard InChI is InChI=1S/C11H21N5O2/c1-3-5-6-18-9-15-11-13-7-12-10(16-11)14-8-17-4-2/h7H,3-6,8-9H2,1-2H3,(H2,12,13,14,15,16). The molecule has 1 heterocycles. The molecule has 1 aromatic rings. The Bertz CT molecular complexity index is 324. The summed E-state index contributed by atoms with van der Waals surface area (Å²) in [6.07, 6.45) is 3.62. The average molecular weight is 255 g/mol. The molecule has 0 saturated carbocycles. The molecule has 1 aromatic heterocycles. The lowest BCUT2D eigenvalue weighted by atomic mass is 10.4. The first-order chi connectivity index (χ1) is 8.86. The molecule has 18 heavy (non-hydrogen) atoms. The highest BCUT2D eigenvalue weighted by atomic mass is 16.5. The number of hydrogen-bond acceptors (Lipinski definition) is 7. The lowest BCUT2D eigenvalue weighted by Gasteiger charge is -2.07. The molecule has 0 spiro atoms. The molecule has 0 atom stereocenters. The molecule has 2 N–H and O–H groups in total. The molecule has 7 heteroatoms. The van der Waals surface area contributed by atoms with Gasteiger partial charge in [-0.05, 0) is 13.3 Å². The Morgan fingerprint density at radius 1 is 1.06 bits per heavy atom. The summed E-state index contributed by atoms with van der Waals surface area (Å²) in [4.78, 5) is 12.1. The summed E-state index contributed by atoms with van der Waals surface area (Å²) in [5.74, 6) is 0.968. The third kappa shape index (κ3) is 6.31. The summed E-state index contributed by atoms with van der Waals surface area (Å²) < 4.78 is 10.5. The highest BCUT2D eigenvalue weighted by Crippen LogP contribution is 2.01. The molecule has 1 rings (SSSR count). The molecule has 0 bridgehead atoms. The van der Waals surface area contributed by atoms with Crippen LogP contribution in [0.5, 0.6) is 0 Å². The van der Waals surface area contributed by atoms with E-state index in [-0.39, 0.29) is 0 Å². The van der Waals surface area contributed by atoms with Crippen molar-refractivity contribution in [1.29, 1.82) is 0 Å². The Hall–Kier alpha value is -1.47. The zero-order valence-electron chi connectivity index (χ0n) is 11.0. The summed E-state index contributed by atoms with van der Waals surface area (Å²) in [6.45, 7) is 6.22. The normalized spacial score (nSPS) is 10.3. The maximum Gasteiger partial charge on any atom is 0.229 e. The summed E-state index contributed by atoms with van der Waals surface area (Å²) in [6, 6.07) is 0. The van der Waals surface area contributed by atoms with Gasteiger partial charge in [0.05, 0.1) is 0 Å². The third-order valence-corrected chi connectivity index (χ3v) is 2.08. The number of rotatable bonds is 10. The Kier molecular flexibility index (Phi) is 7.74. The van der Waals surface area contributed by atoms with Crippen LogP contribution in [-0.2, 0) is 9.47 Å². The maximum absolute atomic E-state index is 5.36. The minimum atomic E-state index is 0.382. The van der Waals surface area contributed by atoms with Gasteiger partial charge in [0.25, 0.3) is 0 Å². The van der Waals surface area contributed by atoms with Gasteiger partial charge < -0.3 is 20.1 Å². The first-order valence-corrected chi connectivity index (χ1v) is 6.19. The summed E-state index contributed by atoms with van der Waals surface area (Å²) in [5, 5.41) is 5.90. The van der Waals surface area contributed by atoms with Crippen molar-refractivity contribution in [1.82, 2.24) is 15.0 Å². The minimum absolute atomic E-state index is 0.382. The van der Waals surface area contributed by atoms with Gasteiger partial charge in [-0.2, -0.15) is 4.98 Å². The molecule has 0 aliphatic heterocycles. The van der Waals surface area contributed by atoms with Crippen molar-refractivity contribution in [2.45, 2.75) is 26.7 Å². The zero-order chi connectivity index (χ0) is 13.1. The quantitative estimate of drug-likeness (QED) is 0.484. The Balaban J connectivity index is 2.26. The van der Waals surface area contributed by atoms with Crippen molar-refractivity contribution in [2.24, 2.45) is 0 Å². The van der Waals surface area contributed by atoms with Crippen LogP contribution in [0.15, 0.2) is 6.33 Å². The van der Waals surface area contributed by atoms with Gasteiger partial charge in [-0.1, -0.05) is 13.3 Å². The average Bonchev–Trinajstić information content (AvgIpc) is 2.39. The largest absolute Gasteiger partial charge is 0.362 e. The fourth-order valence-corrected chi connectivity index (χ4v) is 1.12. The van der Waals surface area contributed by atoms with E-state index in [1.54, 1.807) is 0 Å². The number of anilines is 2. The molecule has 0 aromatic carbocycles. The predicted molar refractivity (Wildman–Crippen MR) is 69.3 cm³/mol. The summed E-state index contributed by atoms with van der Waals surface area (Å²) in [5.41, 5.74) is 0. The molecule has 0 saturated heterocycles. The molecule has 0 aliphatic carbocycles. The molecule has 0 aliphatic rings. The van der Waals surface area contributed by atoms with Gasteiger partial charge in [0.1, 0.15) is 19.8 Å². The van der Waals surface area contributed by atoms with Crippen LogP contribution in [0.2, 0.25) is 0 Å². The highest BCUT2D eigenvalue weighted by Gasteiger charge is 1.99. The van der Waals surface area contributed by atoms with Crippen LogP contribution < -0.4 is 10.6 Å². The first-order valence-electron chi connectivity index (χ1n) is 6.19. The van der Waals surface area contributed by atoms with E-state index in [9.17, 15) is 0 Å². The smallest absolute Gasteiger partial charge is 0.229 e. The van der Waals surface area contributed by atoms with E-state index in [1.807, 2.05) is 6.92 Å². The second-order valence-electron chi connectivity index (χ2n) is 3.53. The lowest BCUT2D eigenvalue weighted by Crippen LogP contribution is -2.13. The first kappa shape index (κ1) is 14.6. The van der Waals surface area contributed by atoms with E-state index < -0.39 is 0 Å². The molecule has 7 nitrogen and oxygen atoms in total. The van der Waals surface area contributed by atoms with E-state index in [4.69, 9.17) is 9.47 Å². The second-order valence-corrected chi connectivity index (χ2v) is 3.53. The summed E-state index contributed by atoms with van der Waals surface area (Å²) >= 11 is 0. The van der Waals surface area contributed by atoms with Crippen molar-refractivity contribution in [3.05, 3.63) is 6.33 Å². The van der Waals surface area contributed by atoms with Crippen LogP contribution in [0.1, 0.15) is 26.7 Å². The zero-order valence-corrected chi connectivity index (χ0v) is 11.0. The molecular weight excluding hydrogens is 234 g/mol. The van der Waals surface area contributed by atoms with Crippen molar-refractivity contribution in [2.75, 3.05) is 37.3 Å². The van der Waals surface area contributed by atoms with Gasteiger partial charge in [-0.3, -0.25) is 0 Å². The van der Waals surface area contributed by atoms with E-state index in [2.05, 4.69) is 32.5 Å². The molecule has 0 unspecified atom stereocenters. The van der Waals surface area contributed by atoms with Gasteiger partial charge in [0, 0.05) is 13.2 Å². The molecule has 0 radical (unpaired) electrons. The Morgan fingerprint density at radius 2 is 1.72 bits per heavy atom. The molecular formula is C11H21N5O2. The Morgan fingerprint density at radius 3 is 2.33 bits per heavy atom. The van der Waals surface area contributed by atoms with E-state index >= 15 is 0 Å². The van der Waals surface area contributed by atoms with Crippen molar-refractivity contribution in [3.8, 4) is 0 Å².